The number of pyridine rings is 2. The van der Waals surface area contributed by atoms with E-state index >= 15 is 0 Å². The Morgan fingerprint density at radius 2 is 1.06 bits per heavy atom. The van der Waals surface area contributed by atoms with Crippen molar-refractivity contribution in [3.63, 3.8) is 0 Å². The van der Waals surface area contributed by atoms with Gasteiger partial charge in [-0.3, -0.25) is 0 Å². The first-order valence-electron chi connectivity index (χ1n) is 8.24. The Hall–Kier alpha value is -1.43. The molecule has 2 heterocycles. The Bertz CT molecular complexity index is 1460. The standard InChI is InChI=1S/C9H4Cl3NO2S.C9H6Cl2N2O2S/c2*10-8-4-13-9(11)7-3-5(16(12,14)15)1-2-6(7)8/h1-4H;1-4H,(H2,12,14,15). The molecule has 4 rings (SSSR count). The van der Waals surface area contributed by atoms with E-state index in [0.29, 0.717) is 31.6 Å². The Morgan fingerprint density at radius 3 is 1.47 bits per heavy atom. The lowest BCUT2D eigenvalue weighted by Crippen LogP contribution is -2.11. The maximum Gasteiger partial charge on any atom is 0.261 e. The number of hydrogen-bond donors (Lipinski definition) is 1. The van der Waals surface area contributed by atoms with Crippen LogP contribution < -0.4 is 5.14 Å². The SMILES string of the molecule is NS(=O)(=O)c1ccc2c(Cl)cnc(Cl)c2c1.O=S(=O)(Cl)c1ccc2c(Cl)cnc(Cl)c2c1. The molecule has 0 aliphatic carbocycles. The molecule has 14 heteroatoms. The van der Waals surface area contributed by atoms with Gasteiger partial charge in [0.15, 0.2) is 0 Å². The van der Waals surface area contributed by atoms with Gasteiger partial charge in [-0.15, -0.1) is 0 Å². The highest BCUT2D eigenvalue weighted by atomic mass is 35.7. The van der Waals surface area contributed by atoms with Crippen LogP contribution in [0.4, 0.5) is 0 Å². The zero-order valence-electron chi connectivity index (χ0n) is 15.4. The summed E-state index contributed by atoms with van der Waals surface area (Å²) in [5, 5.41) is 8.36. The summed E-state index contributed by atoms with van der Waals surface area (Å²) in [6, 6.07) is 8.53. The topological polar surface area (TPSA) is 120 Å². The van der Waals surface area contributed by atoms with Gasteiger partial charge in [0.25, 0.3) is 9.05 Å². The maximum absolute atomic E-state index is 11.2. The van der Waals surface area contributed by atoms with Crippen LogP contribution in [0.5, 0.6) is 0 Å². The van der Waals surface area contributed by atoms with Gasteiger partial charge in [-0.2, -0.15) is 0 Å². The van der Waals surface area contributed by atoms with Crippen molar-refractivity contribution >= 4 is 97.7 Å². The third-order valence-corrected chi connectivity index (χ3v) is 7.60. The number of benzene rings is 2. The van der Waals surface area contributed by atoms with E-state index in [1.807, 2.05) is 0 Å². The first-order valence-corrected chi connectivity index (χ1v) is 13.6. The monoisotopic (exact) mass is 571 g/mol. The molecular weight excluding hydrogens is 564 g/mol. The quantitative estimate of drug-likeness (QED) is 0.244. The first kappa shape index (κ1) is 25.2. The predicted octanol–water partition coefficient (Wildman–Crippen LogP) is 5.66. The van der Waals surface area contributed by atoms with E-state index in [4.69, 9.17) is 62.2 Å². The number of sulfonamides is 1. The maximum atomic E-state index is 11.2. The lowest BCUT2D eigenvalue weighted by atomic mass is 10.2. The summed E-state index contributed by atoms with van der Waals surface area (Å²) in [5.74, 6) is 0. The lowest BCUT2D eigenvalue weighted by molar-refractivity contribution is 0.597. The van der Waals surface area contributed by atoms with Crippen LogP contribution in [0.1, 0.15) is 0 Å². The van der Waals surface area contributed by atoms with Crippen LogP contribution >= 0.6 is 57.1 Å². The molecule has 0 bridgehead atoms. The van der Waals surface area contributed by atoms with Gasteiger partial charge in [0.1, 0.15) is 10.3 Å². The van der Waals surface area contributed by atoms with Crippen LogP contribution in [0.2, 0.25) is 20.4 Å². The Labute approximate surface area is 207 Å². The molecule has 0 aliphatic rings. The van der Waals surface area contributed by atoms with Gasteiger partial charge in [0.2, 0.25) is 10.0 Å². The van der Waals surface area contributed by atoms with Crippen molar-refractivity contribution in [3.05, 3.63) is 69.1 Å². The predicted molar refractivity (Wildman–Crippen MR) is 128 cm³/mol. The molecule has 4 aromatic rings. The second kappa shape index (κ2) is 9.44. The van der Waals surface area contributed by atoms with Crippen molar-refractivity contribution in [2.24, 2.45) is 5.14 Å². The highest BCUT2D eigenvalue weighted by Gasteiger charge is 2.13. The minimum Gasteiger partial charge on any atom is -0.242 e. The Morgan fingerprint density at radius 1 is 0.656 bits per heavy atom. The molecule has 0 atom stereocenters. The molecule has 2 aromatic carbocycles. The molecule has 168 valence electrons. The molecule has 0 unspecified atom stereocenters. The van der Waals surface area contributed by atoms with E-state index in [9.17, 15) is 16.8 Å². The smallest absolute Gasteiger partial charge is 0.242 e. The zero-order chi connectivity index (χ0) is 23.8. The molecule has 0 radical (unpaired) electrons. The van der Waals surface area contributed by atoms with Crippen LogP contribution in [0.3, 0.4) is 0 Å². The average Bonchev–Trinajstić information content (AvgIpc) is 2.72. The molecule has 0 saturated carbocycles. The van der Waals surface area contributed by atoms with Crippen LogP contribution in [0, 0.1) is 0 Å². The van der Waals surface area contributed by atoms with Gasteiger partial charge < -0.3 is 0 Å². The van der Waals surface area contributed by atoms with Crippen molar-refractivity contribution < 1.29 is 16.8 Å². The summed E-state index contributed by atoms with van der Waals surface area (Å²) in [7, 11) is -2.31. The van der Waals surface area contributed by atoms with Crippen molar-refractivity contribution in [1.29, 1.82) is 0 Å². The fourth-order valence-corrected chi connectivity index (χ4v) is 4.79. The number of nitrogens with zero attached hydrogens (tertiary/aromatic N) is 2. The first-order chi connectivity index (χ1) is 14.8. The third kappa shape index (κ3) is 5.55. The summed E-state index contributed by atoms with van der Waals surface area (Å²) in [5.41, 5.74) is 0. The highest BCUT2D eigenvalue weighted by Crippen LogP contribution is 2.31. The van der Waals surface area contributed by atoms with Gasteiger partial charge in [-0.25, -0.2) is 31.9 Å². The summed E-state index contributed by atoms with van der Waals surface area (Å²) in [6.45, 7) is 0. The molecule has 2 N–H and O–H groups in total. The van der Waals surface area contributed by atoms with Crippen LogP contribution in [0.25, 0.3) is 21.5 Å². The van der Waals surface area contributed by atoms with E-state index in [1.54, 1.807) is 12.1 Å². The van der Waals surface area contributed by atoms with Gasteiger partial charge in [0, 0.05) is 44.6 Å². The Balaban J connectivity index is 0.000000181. The van der Waals surface area contributed by atoms with Crippen LogP contribution in [0.15, 0.2) is 58.6 Å². The zero-order valence-corrected chi connectivity index (χ0v) is 20.8. The minimum atomic E-state index is -3.78. The van der Waals surface area contributed by atoms with E-state index in [2.05, 4.69) is 9.97 Å². The van der Waals surface area contributed by atoms with Gasteiger partial charge in [-0.05, 0) is 24.3 Å². The third-order valence-electron chi connectivity index (χ3n) is 4.13. The molecule has 0 spiro atoms. The number of primary sulfonamides is 1. The number of nitrogens with two attached hydrogens (primary N) is 1. The van der Waals surface area contributed by atoms with Crippen molar-refractivity contribution in [3.8, 4) is 0 Å². The van der Waals surface area contributed by atoms with Gasteiger partial charge in [-0.1, -0.05) is 58.5 Å². The molecule has 7 nitrogen and oxygen atoms in total. The fourth-order valence-electron chi connectivity index (χ4n) is 2.64. The molecule has 0 aliphatic heterocycles. The molecule has 0 amide bonds. The lowest BCUT2D eigenvalue weighted by Gasteiger charge is -2.04. The molecule has 0 fully saturated rings. The number of aromatic nitrogens is 2. The summed E-state index contributed by atoms with van der Waals surface area (Å²) < 4.78 is 44.6. The molecule has 0 saturated heterocycles. The highest BCUT2D eigenvalue weighted by molar-refractivity contribution is 8.13. The van der Waals surface area contributed by atoms with Crippen LogP contribution in [-0.4, -0.2) is 26.8 Å². The van der Waals surface area contributed by atoms with E-state index in [0.717, 1.165) is 0 Å². The summed E-state index contributed by atoms with van der Waals surface area (Å²) >= 11 is 23.5. The van der Waals surface area contributed by atoms with Crippen molar-refractivity contribution in [2.45, 2.75) is 9.79 Å². The largest absolute Gasteiger partial charge is 0.261 e. The minimum absolute atomic E-state index is 0.0223. The summed E-state index contributed by atoms with van der Waals surface area (Å²) in [6.07, 6.45) is 2.81. The van der Waals surface area contributed by atoms with Crippen LogP contribution in [-0.2, 0) is 19.1 Å². The van der Waals surface area contributed by atoms with Gasteiger partial charge >= 0.3 is 0 Å². The molecule has 32 heavy (non-hydrogen) atoms. The average molecular weight is 574 g/mol. The van der Waals surface area contributed by atoms with Crippen molar-refractivity contribution in [1.82, 2.24) is 9.97 Å². The van der Waals surface area contributed by atoms with Gasteiger partial charge in [0.05, 0.1) is 19.8 Å². The number of halogens is 5. The van der Waals surface area contributed by atoms with Crippen molar-refractivity contribution in [2.75, 3.05) is 0 Å². The summed E-state index contributed by atoms with van der Waals surface area (Å²) in [4.78, 5) is 7.60. The van der Waals surface area contributed by atoms with E-state index < -0.39 is 19.1 Å². The number of rotatable bonds is 2. The Kier molecular flexibility index (Phi) is 7.43. The van der Waals surface area contributed by atoms with E-state index in [1.165, 1.54) is 36.7 Å². The second-order valence-electron chi connectivity index (χ2n) is 6.19. The molecular formula is C18H10Cl5N3O4S2. The number of hydrogen-bond acceptors (Lipinski definition) is 6. The number of fused-ring (bicyclic) bond motifs is 2. The molecule has 2 aromatic heterocycles. The van der Waals surface area contributed by atoms with E-state index in [-0.39, 0.29) is 20.1 Å². The fraction of sp³-hybridized carbons (Fsp3) is 0. The second-order valence-corrected chi connectivity index (χ2v) is 11.8. The normalized spacial score (nSPS) is 11.9.